The van der Waals surface area contributed by atoms with Crippen molar-refractivity contribution >= 4 is 9.84 Å². The molecule has 0 aromatic heterocycles. The second-order valence-corrected chi connectivity index (χ2v) is 8.94. The number of hydrogen-bond donors (Lipinski definition) is 1. The van der Waals surface area contributed by atoms with Gasteiger partial charge in [0.25, 0.3) is 0 Å². The van der Waals surface area contributed by atoms with Crippen LogP contribution >= 0.6 is 0 Å². The lowest BCUT2D eigenvalue weighted by atomic mass is 10.1. The molecule has 0 spiro atoms. The first-order valence-electron chi connectivity index (χ1n) is 7.09. The first kappa shape index (κ1) is 17.2. The van der Waals surface area contributed by atoms with E-state index in [4.69, 9.17) is 0 Å². The first-order valence-corrected chi connectivity index (χ1v) is 8.64. The lowest BCUT2D eigenvalue weighted by Crippen LogP contribution is -2.45. The van der Waals surface area contributed by atoms with Gasteiger partial charge >= 0.3 is 0 Å². The number of rotatable bonds is 5. The average molecular weight is 297 g/mol. The number of nitrogens with one attached hydrogen (secondary N) is 1. The molecule has 0 saturated carbocycles. The third kappa shape index (κ3) is 4.60. The standard InChI is InChI=1S/C16H27NO2S/c1-12(2)15(11-17-16(4,5)6)20(18,19)14-9-7-13(3)8-10-14/h7-10,12,15,17H,11H2,1-6H3. The normalized spacial score (nSPS) is 14.6. The van der Waals surface area contributed by atoms with Crippen LogP contribution in [-0.2, 0) is 9.84 Å². The number of aryl methyl sites for hydroxylation is 1. The first-order chi connectivity index (χ1) is 9.04. The van der Waals surface area contributed by atoms with Gasteiger partial charge in [-0.1, -0.05) is 31.5 Å². The highest BCUT2D eigenvalue weighted by Gasteiger charge is 2.31. The highest BCUT2D eigenvalue weighted by Crippen LogP contribution is 2.22. The Morgan fingerprint density at radius 3 is 2.00 bits per heavy atom. The zero-order valence-electron chi connectivity index (χ0n) is 13.4. The van der Waals surface area contributed by atoms with Gasteiger partial charge < -0.3 is 5.32 Å². The van der Waals surface area contributed by atoms with Gasteiger partial charge in [-0.15, -0.1) is 0 Å². The van der Waals surface area contributed by atoms with Crippen LogP contribution in [0.5, 0.6) is 0 Å². The van der Waals surface area contributed by atoms with E-state index in [1.807, 2.05) is 53.7 Å². The molecule has 0 radical (unpaired) electrons. The molecular formula is C16H27NO2S. The molecule has 20 heavy (non-hydrogen) atoms. The fourth-order valence-corrected chi connectivity index (χ4v) is 3.90. The van der Waals surface area contributed by atoms with E-state index >= 15 is 0 Å². The molecule has 1 aromatic rings. The van der Waals surface area contributed by atoms with Crippen molar-refractivity contribution in [2.45, 2.75) is 57.2 Å². The molecule has 0 heterocycles. The maximum atomic E-state index is 12.8. The van der Waals surface area contributed by atoms with Gasteiger partial charge in [0.05, 0.1) is 10.1 Å². The van der Waals surface area contributed by atoms with Gasteiger partial charge in [-0.2, -0.15) is 0 Å². The van der Waals surface area contributed by atoms with Gasteiger partial charge in [0, 0.05) is 12.1 Å². The van der Waals surface area contributed by atoms with Crippen LogP contribution in [0.4, 0.5) is 0 Å². The predicted molar refractivity (Wildman–Crippen MR) is 84.7 cm³/mol. The summed E-state index contributed by atoms with van der Waals surface area (Å²) >= 11 is 0. The Morgan fingerprint density at radius 2 is 1.60 bits per heavy atom. The second-order valence-electron chi connectivity index (χ2n) is 6.77. The van der Waals surface area contributed by atoms with Crippen LogP contribution in [0.2, 0.25) is 0 Å². The molecule has 1 atom stereocenters. The molecular weight excluding hydrogens is 270 g/mol. The Hall–Kier alpha value is -0.870. The second kappa shape index (κ2) is 6.27. The minimum Gasteiger partial charge on any atom is -0.311 e. The van der Waals surface area contributed by atoms with Crippen molar-refractivity contribution in [1.82, 2.24) is 5.32 Å². The SMILES string of the molecule is Cc1ccc(S(=O)(=O)C(CNC(C)(C)C)C(C)C)cc1. The summed E-state index contributed by atoms with van der Waals surface area (Å²) in [5, 5.41) is 2.90. The molecule has 0 fully saturated rings. The van der Waals surface area contributed by atoms with Crippen molar-refractivity contribution in [3.63, 3.8) is 0 Å². The predicted octanol–water partition coefficient (Wildman–Crippen LogP) is 3.18. The molecule has 1 N–H and O–H groups in total. The van der Waals surface area contributed by atoms with Crippen LogP contribution in [0, 0.1) is 12.8 Å². The molecule has 1 aromatic carbocycles. The van der Waals surface area contributed by atoms with Gasteiger partial charge in [0.1, 0.15) is 0 Å². The van der Waals surface area contributed by atoms with E-state index in [1.54, 1.807) is 12.1 Å². The summed E-state index contributed by atoms with van der Waals surface area (Å²) in [7, 11) is -3.30. The minimum absolute atomic E-state index is 0.0659. The third-order valence-electron chi connectivity index (χ3n) is 3.33. The van der Waals surface area contributed by atoms with Crippen LogP contribution < -0.4 is 5.32 Å². The summed E-state index contributed by atoms with van der Waals surface area (Å²) in [4.78, 5) is 0.414. The van der Waals surface area contributed by atoms with Crippen molar-refractivity contribution in [1.29, 1.82) is 0 Å². The summed E-state index contributed by atoms with van der Waals surface area (Å²) in [6.45, 7) is 12.5. The van der Waals surface area contributed by atoms with E-state index in [-0.39, 0.29) is 11.5 Å². The van der Waals surface area contributed by atoms with Crippen molar-refractivity contribution in [2.75, 3.05) is 6.54 Å². The monoisotopic (exact) mass is 297 g/mol. The molecule has 1 unspecified atom stereocenters. The maximum Gasteiger partial charge on any atom is 0.182 e. The maximum absolute atomic E-state index is 12.8. The van der Waals surface area contributed by atoms with Crippen molar-refractivity contribution < 1.29 is 8.42 Å². The average Bonchev–Trinajstić information content (AvgIpc) is 2.27. The number of benzene rings is 1. The van der Waals surface area contributed by atoms with Gasteiger partial charge in [0.15, 0.2) is 9.84 Å². The Bertz CT molecular complexity index is 525. The molecule has 0 aliphatic heterocycles. The molecule has 4 heteroatoms. The van der Waals surface area contributed by atoms with E-state index in [0.29, 0.717) is 11.4 Å². The van der Waals surface area contributed by atoms with Crippen LogP contribution in [0.25, 0.3) is 0 Å². The zero-order chi connectivity index (χ0) is 15.6. The molecule has 3 nitrogen and oxygen atoms in total. The molecule has 114 valence electrons. The molecule has 0 aliphatic rings. The number of sulfone groups is 1. The zero-order valence-corrected chi connectivity index (χ0v) is 14.2. The van der Waals surface area contributed by atoms with Crippen molar-refractivity contribution in [3.8, 4) is 0 Å². The van der Waals surface area contributed by atoms with Crippen LogP contribution in [-0.4, -0.2) is 25.8 Å². The Kier molecular flexibility index (Phi) is 5.39. The fraction of sp³-hybridized carbons (Fsp3) is 0.625. The summed E-state index contributed by atoms with van der Waals surface area (Å²) in [6.07, 6.45) is 0. The Labute approximate surface area is 123 Å². The molecule has 0 amide bonds. The van der Waals surface area contributed by atoms with Crippen molar-refractivity contribution in [2.24, 2.45) is 5.92 Å². The Balaban J connectivity index is 3.03. The van der Waals surface area contributed by atoms with Crippen LogP contribution in [0.1, 0.15) is 40.2 Å². The minimum atomic E-state index is -3.30. The van der Waals surface area contributed by atoms with E-state index in [2.05, 4.69) is 5.32 Å². The van der Waals surface area contributed by atoms with Crippen LogP contribution in [0.15, 0.2) is 29.2 Å². The van der Waals surface area contributed by atoms with E-state index in [9.17, 15) is 8.42 Å². The van der Waals surface area contributed by atoms with Gasteiger partial charge in [0.2, 0.25) is 0 Å². The smallest absolute Gasteiger partial charge is 0.182 e. The lowest BCUT2D eigenvalue weighted by Gasteiger charge is -2.27. The largest absolute Gasteiger partial charge is 0.311 e. The topological polar surface area (TPSA) is 46.2 Å². The summed E-state index contributed by atoms with van der Waals surface area (Å²) in [5.74, 6) is 0.0659. The van der Waals surface area contributed by atoms with E-state index in [0.717, 1.165) is 5.56 Å². The van der Waals surface area contributed by atoms with Gasteiger partial charge in [-0.05, 0) is 45.7 Å². The summed E-state index contributed by atoms with van der Waals surface area (Å²) in [6, 6.07) is 7.11. The number of hydrogen-bond acceptors (Lipinski definition) is 3. The van der Waals surface area contributed by atoms with Gasteiger partial charge in [-0.25, -0.2) is 8.42 Å². The molecule has 0 saturated heterocycles. The Morgan fingerprint density at radius 1 is 1.10 bits per heavy atom. The van der Waals surface area contributed by atoms with E-state index < -0.39 is 15.1 Å². The highest BCUT2D eigenvalue weighted by molar-refractivity contribution is 7.92. The van der Waals surface area contributed by atoms with Crippen LogP contribution in [0.3, 0.4) is 0 Å². The van der Waals surface area contributed by atoms with E-state index in [1.165, 1.54) is 0 Å². The highest BCUT2D eigenvalue weighted by atomic mass is 32.2. The summed E-state index contributed by atoms with van der Waals surface area (Å²) in [5.41, 5.74) is 0.980. The quantitative estimate of drug-likeness (QED) is 0.908. The third-order valence-corrected chi connectivity index (χ3v) is 5.76. The summed E-state index contributed by atoms with van der Waals surface area (Å²) < 4.78 is 25.5. The molecule has 0 bridgehead atoms. The fourth-order valence-electron chi connectivity index (χ4n) is 2.01. The molecule has 0 aliphatic carbocycles. The molecule has 1 rings (SSSR count). The van der Waals surface area contributed by atoms with Crippen molar-refractivity contribution in [3.05, 3.63) is 29.8 Å². The van der Waals surface area contributed by atoms with Gasteiger partial charge in [-0.3, -0.25) is 0 Å². The lowest BCUT2D eigenvalue weighted by molar-refractivity contribution is 0.400.